The second kappa shape index (κ2) is 10.1. The smallest absolute Gasteiger partial charge is 0.410 e. The summed E-state index contributed by atoms with van der Waals surface area (Å²) < 4.78 is 71.9. The summed E-state index contributed by atoms with van der Waals surface area (Å²) in [5.74, 6) is -5.53. The number of ether oxygens (including phenoxy) is 1. The van der Waals surface area contributed by atoms with Crippen LogP contribution in [0.3, 0.4) is 0 Å². The number of halogens is 4. The van der Waals surface area contributed by atoms with Crippen molar-refractivity contribution in [2.45, 2.75) is 49.4 Å². The molecule has 1 saturated heterocycles. The molecule has 0 aromatic heterocycles. The van der Waals surface area contributed by atoms with Crippen LogP contribution >= 0.6 is 11.6 Å². The largest absolute Gasteiger partial charge is 0.444 e. The molecule has 2 aromatic carbocycles. The molecule has 12 heteroatoms. The van der Waals surface area contributed by atoms with Crippen molar-refractivity contribution in [3.8, 4) is 0 Å². The van der Waals surface area contributed by atoms with Gasteiger partial charge >= 0.3 is 6.09 Å². The van der Waals surface area contributed by atoms with E-state index >= 15 is 0 Å². The van der Waals surface area contributed by atoms with Crippen LogP contribution in [0.25, 0.3) is 0 Å². The number of sulfone groups is 1. The molecule has 0 bridgehead atoms. The first-order valence-corrected chi connectivity index (χ1v) is 12.6. The van der Waals surface area contributed by atoms with E-state index in [-0.39, 0.29) is 47.1 Å². The zero-order valence-electron chi connectivity index (χ0n) is 19.2. The van der Waals surface area contributed by atoms with E-state index in [1.807, 2.05) is 0 Å². The van der Waals surface area contributed by atoms with Crippen molar-refractivity contribution in [2.75, 3.05) is 18.4 Å². The van der Waals surface area contributed by atoms with E-state index in [9.17, 15) is 31.2 Å². The lowest BCUT2D eigenvalue weighted by Gasteiger charge is -2.33. The molecule has 0 saturated carbocycles. The zero-order valence-corrected chi connectivity index (χ0v) is 20.8. The average Bonchev–Trinajstić information content (AvgIpc) is 2.76. The molecule has 0 spiro atoms. The fourth-order valence-corrected chi connectivity index (χ4v) is 5.81. The van der Waals surface area contributed by atoms with Gasteiger partial charge in [0.1, 0.15) is 5.60 Å². The predicted octanol–water partition coefficient (Wildman–Crippen LogP) is 5.18. The van der Waals surface area contributed by atoms with Crippen molar-refractivity contribution in [3.63, 3.8) is 0 Å². The Bertz CT molecular complexity index is 1230. The number of nitrogens with zero attached hydrogens (tertiary/aromatic N) is 1. The van der Waals surface area contributed by atoms with E-state index in [2.05, 4.69) is 5.32 Å². The summed E-state index contributed by atoms with van der Waals surface area (Å²) >= 11 is 6.14. The Labute approximate surface area is 206 Å². The molecule has 1 N–H and O–H groups in total. The van der Waals surface area contributed by atoms with E-state index in [0.29, 0.717) is 12.1 Å². The van der Waals surface area contributed by atoms with Gasteiger partial charge in [0.25, 0.3) is 5.91 Å². The summed E-state index contributed by atoms with van der Waals surface area (Å²) in [5.41, 5.74) is -1.16. The van der Waals surface area contributed by atoms with Crippen LogP contribution in [0.5, 0.6) is 0 Å². The van der Waals surface area contributed by atoms with E-state index in [4.69, 9.17) is 16.3 Å². The highest BCUT2D eigenvalue weighted by atomic mass is 35.5. The van der Waals surface area contributed by atoms with Gasteiger partial charge < -0.3 is 15.0 Å². The lowest BCUT2D eigenvalue weighted by molar-refractivity contribution is 0.0217. The van der Waals surface area contributed by atoms with Gasteiger partial charge in [-0.25, -0.2) is 26.4 Å². The third-order valence-corrected chi connectivity index (χ3v) is 8.02. The molecule has 1 aliphatic heterocycles. The van der Waals surface area contributed by atoms with Gasteiger partial charge in [0, 0.05) is 36.5 Å². The van der Waals surface area contributed by atoms with Crippen molar-refractivity contribution in [1.82, 2.24) is 4.90 Å². The standard InChI is InChI=1S/C23H24ClF3N2O5S/c1-23(2,3)34-22(31)29-8-6-15(7-9-29)35(32,33)19-10-13(4-5-16(19)24)21(30)28-14-11-17(25)20(27)18(26)12-14/h4-5,10-12,15H,6-9H2,1-3H3,(H,28,30). The van der Waals surface area contributed by atoms with Gasteiger partial charge in [0.15, 0.2) is 27.3 Å². The summed E-state index contributed by atoms with van der Waals surface area (Å²) in [7, 11) is -3.99. The molecule has 2 amide bonds. The van der Waals surface area contributed by atoms with Gasteiger partial charge in [-0.15, -0.1) is 0 Å². The number of hydrogen-bond donors (Lipinski definition) is 1. The quantitative estimate of drug-likeness (QED) is 0.548. The van der Waals surface area contributed by atoms with Crippen molar-refractivity contribution in [2.24, 2.45) is 0 Å². The Morgan fingerprint density at radius 1 is 1.06 bits per heavy atom. The molecule has 0 radical (unpaired) electrons. The second-order valence-corrected chi connectivity index (χ2v) is 11.7. The second-order valence-electron chi connectivity index (χ2n) is 9.06. The number of piperidine rings is 1. The number of likely N-dealkylation sites (tertiary alicyclic amines) is 1. The van der Waals surface area contributed by atoms with Crippen molar-refractivity contribution >= 4 is 39.1 Å². The molecule has 35 heavy (non-hydrogen) atoms. The summed E-state index contributed by atoms with van der Waals surface area (Å²) in [6, 6.07) is 4.75. The van der Waals surface area contributed by atoms with Gasteiger partial charge in [0.05, 0.1) is 15.2 Å². The lowest BCUT2D eigenvalue weighted by atomic mass is 10.1. The Morgan fingerprint density at radius 3 is 2.17 bits per heavy atom. The van der Waals surface area contributed by atoms with Crippen LogP contribution < -0.4 is 5.32 Å². The number of amides is 2. The topological polar surface area (TPSA) is 92.8 Å². The van der Waals surface area contributed by atoms with E-state index < -0.39 is 50.1 Å². The maximum absolute atomic E-state index is 13.4. The third-order valence-electron chi connectivity index (χ3n) is 5.27. The fraction of sp³-hybridized carbons (Fsp3) is 0.391. The molecule has 0 atom stereocenters. The van der Waals surface area contributed by atoms with Crippen LogP contribution in [-0.2, 0) is 14.6 Å². The highest BCUT2D eigenvalue weighted by molar-refractivity contribution is 7.92. The van der Waals surface area contributed by atoms with Crippen LogP contribution in [0.15, 0.2) is 35.2 Å². The molecule has 1 fully saturated rings. The normalized spacial score (nSPS) is 15.1. The number of rotatable bonds is 4. The van der Waals surface area contributed by atoms with Crippen LogP contribution in [0.1, 0.15) is 44.0 Å². The molecule has 1 heterocycles. The minimum absolute atomic E-state index is 0.102. The maximum Gasteiger partial charge on any atom is 0.410 e. The van der Waals surface area contributed by atoms with Crippen molar-refractivity contribution in [3.05, 3.63) is 58.4 Å². The number of nitrogens with one attached hydrogen (secondary N) is 1. The number of carbonyl (C=O) groups is 2. The summed E-state index contributed by atoms with van der Waals surface area (Å²) in [6.07, 6.45) is -0.246. The summed E-state index contributed by atoms with van der Waals surface area (Å²) in [5, 5.41) is 1.25. The van der Waals surface area contributed by atoms with Crippen molar-refractivity contribution < 1.29 is 35.9 Å². The van der Waals surface area contributed by atoms with E-state index in [1.165, 1.54) is 17.0 Å². The molecular formula is C23H24ClF3N2O5S. The highest BCUT2D eigenvalue weighted by Crippen LogP contribution is 2.31. The van der Waals surface area contributed by atoms with Crippen molar-refractivity contribution in [1.29, 1.82) is 0 Å². The molecule has 1 aliphatic rings. The molecule has 190 valence electrons. The summed E-state index contributed by atoms with van der Waals surface area (Å²) in [6.45, 7) is 5.53. The average molecular weight is 533 g/mol. The monoisotopic (exact) mass is 532 g/mol. The molecule has 0 aliphatic carbocycles. The highest BCUT2D eigenvalue weighted by Gasteiger charge is 2.35. The maximum atomic E-state index is 13.4. The Balaban J connectivity index is 1.76. The molecule has 0 unspecified atom stereocenters. The molecule has 2 aromatic rings. The number of benzene rings is 2. The van der Waals surface area contributed by atoms with Gasteiger partial charge in [0.2, 0.25) is 0 Å². The number of hydrogen-bond acceptors (Lipinski definition) is 5. The summed E-state index contributed by atoms with van der Waals surface area (Å²) in [4.78, 5) is 26.0. The molecule has 3 rings (SSSR count). The van der Waals surface area contributed by atoms with Crippen LogP contribution in [0.4, 0.5) is 23.7 Å². The molecular weight excluding hydrogens is 509 g/mol. The minimum atomic E-state index is -3.99. The van der Waals surface area contributed by atoms with Gasteiger partial charge in [-0.2, -0.15) is 0 Å². The van der Waals surface area contributed by atoms with E-state index in [1.54, 1.807) is 20.8 Å². The first kappa shape index (κ1) is 26.8. The first-order chi connectivity index (χ1) is 16.2. The third kappa shape index (κ3) is 6.26. The zero-order chi connectivity index (χ0) is 26.1. The Hall–Kier alpha value is -2.79. The van der Waals surface area contributed by atoms with Gasteiger partial charge in [-0.3, -0.25) is 4.79 Å². The predicted molar refractivity (Wildman–Crippen MR) is 124 cm³/mol. The van der Waals surface area contributed by atoms with Gasteiger partial charge in [-0.05, 0) is 51.8 Å². The number of anilines is 1. The molecule has 7 nitrogen and oxygen atoms in total. The Kier molecular flexibility index (Phi) is 7.71. The fourth-order valence-electron chi connectivity index (χ4n) is 3.55. The van der Waals surface area contributed by atoms with E-state index in [0.717, 1.165) is 6.07 Å². The van der Waals surface area contributed by atoms with Crippen LogP contribution in [0.2, 0.25) is 5.02 Å². The first-order valence-electron chi connectivity index (χ1n) is 10.7. The van der Waals surface area contributed by atoms with Crippen LogP contribution in [-0.4, -0.2) is 49.3 Å². The SMILES string of the molecule is CC(C)(C)OC(=O)N1CCC(S(=O)(=O)c2cc(C(=O)Nc3cc(F)c(F)c(F)c3)ccc2Cl)CC1. The van der Waals surface area contributed by atoms with Crippen LogP contribution in [0, 0.1) is 17.5 Å². The van der Waals surface area contributed by atoms with Gasteiger partial charge in [-0.1, -0.05) is 11.6 Å². The number of carbonyl (C=O) groups excluding carboxylic acids is 2. The minimum Gasteiger partial charge on any atom is -0.444 e. The Morgan fingerprint density at radius 2 is 1.63 bits per heavy atom. The lowest BCUT2D eigenvalue weighted by Crippen LogP contribution is -2.44.